The molecule has 2 rings (SSSR count). The summed E-state index contributed by atoms with van der Waals surface area (Å²) in [5, 5.41) is 6.52. The summed E-state index contributed by atoms with van der Waals surface area (Å²) in [5.41, 5.74) is 0.901. The Morgan fingerprint density at radius 3 is 2.95 bits per heavy atom. The number of para-hydroxylation sites is 1. The third kappa shape index (κ3) is 5.56. The average Bonchev–Trinajstić information content (AvgIpc) is 2.94. The number of halogens is 1. The van der Waals surface area contributed by atoms with Gasteiger partial charge >= 0.3 is 0 Å². The Balaban J connectivity index is 1.86. The van der Waals surface area contributed by atoms with Crippen LogP contribution in [0.15, 0.2) is 24.3 Å². The van der Waals surface area contributed by atoms with Crippen molar-refractivity contribution in [2.24, 2.45) is 0 Å². The summed E-state index contributed by atoms with van der Waals surface area (Å²) in [6.07, 6.45) is 3.54. The van der Waals surface area contributed by atoms with E-state index < -0.39 is 0 Å². The number of carbonyl (C=O) groups excluding carboxylic acids is 1. The lowest BCUT2D eigenvalue weighted by Crippen LogP contribution is -2.41. The molecule has 2 N–H and O–H groups in total. The van der Waals surface area contributed by atoms with E-state index in [2.05, 4.69) is 45.0 Å². The highest BCUT2D eigenvalue weighted by Crippen LogP contribution is 2.17. The second-order valence-corrected chi connectivity index (χ2v) is 6.72. The predicted molar refractivity (Wildman–Crippen MR) is 95.5 cm³/mol. The molecule has 1 heterocycles. The highest BCUT2D eigenvalue weighted by Gasteiger charge is 2.19. The van der Waals surface area contributed by atoms with E-state index in [9.17, 15) is 4.79 Å². The zero-order valence-corrected chi connectivity index (χ0v) is 14.7. The molecular weight excluding hydrogens is 377 g/mol. The van der Waals surface area contributed by atoms with E-state index >= 15 is 0 Å². The number of nitrogens with one attached hydrogen (secondary N) is 2. The molecule has 1 aromatic rings. The summed E-state index contributed by atoms with van der Waals surface area (Å²) in [5.74, 6) is 0.0746. The number of hydrogen-bond acceptors (Lipinski definition) is 3. The SMILES string of the molecule is CCCN(CC(=O)Nc1ccccc1I)CC1CCCN1. The zero-order chi connectivity index (χ0) is 15.1. The normalized spacial score (nSPS) is 18.1. The summed E-state index contributed by atoms with van der Waals surface area (Å²) in [4.78, 5) is 14.5. The molecule has 0 bridgehead atoms. The smallest absolute Gasteiger partial charge is 0.238 e. The molecule has 21 heavy (non-hydrogen) atoms. The van der Waals surface area contributed by atoms with E-state index in [0.29, 0.717) is 12.6 Å². The molecule has 1 aliphatic heterocycles. The van der Waals surface area contributed by atoms with Crippen LogP contribution in [0.4, 0.5) is 5.69 Å². The quantitative estimate of drug-likeness (QED) is 0.691. The molecule has 1 amide bonds. The number of benzene rings is 1. The van der Waals surface area contributed by atoms with Gasteiger partial charge in [-0.1, -0.05) is 19.1 Å². The summed E-state index contributed by atoms with van der Waals surface area (Å²) in [6.45, 7) is 5.67. The van der Waals surface area contributed by atoms with E-state index in [4.69, 9.17) is 0 Å². The second kappa shape index (κ2) is 8.70. The monoisotopic (exact) mass is 401 g/mol. The maximum Gasteiger partial charge on any atom is 0.238 e. The molecule has 0 spiro atoms. The van der Waals surface area contributed by atoms with Crippen LogP contribution in [0.5, 0.6) is 0 Å². The maximum absolute atomic E-state index is 12.2. The fourth-order valence-corrected chi connectivity index (χ4v) is 3.25. The highest BCUT2D eigenvalue weighted by molar-refractivity contribution is 14.1. The number of amides is 1. The number of hydrogen-bond donors (Lipinski definition) is 2. The van der Waals surface area contributed by atoms with E-state index in [1.807, 2.05) is 24.3 Å². The van der Waals surface area contributed by atoms with Crippen LogP contribution in [-0.4, -0.2) is 43.0 Å². The molecule has 1 aromatic carbocycles. The van der Waals surface area contributed by atoms with Crippen LogP contribution in [0.1, 0.15) is 26.2 Å². The van der Waals surface area contributed by atoms with Gasteiger partial charge in [0.1, 0.15) is 0 Å². The molecule has 5 heteroatoms. The standard InChI is InChI=1S/C16H24IN3O/c1-2-10-20(11-13-6-5-9-18-13)12-16(21)19-15-8-4-3-7-14(15)17/h3-4,7-8,13,18H,2,5-6,9-12H2,1H3,(H,19,21). The number of rotatable bonds is 7. The van der Waals surface area contributed by atoms with Gasteiger partial charge in [-0.15, -0.1) is 0 Å². The molecule has 4 nitrogen and oxygen atoms in total. The van der Waals surface area contributed by atoms with Gasteiger partial charge in [0.15, 0.2) is 0 Å². The summed E-state index contributed by atoms with van der Waals surface area (Å²) in [7, 11) is 0. The third-order valence-corrected chi connectivity index (χ3v) is 4.64. The van der Waals surface area contributed by atoms with Crippen molar-refractivity contribution >= 4 is 34.2 Å². The van der Waals surface area contributed by atoms with Crippen LogP contribution in [0.25, 0.3) is 0 Å². The van der Waals surface area contributed by atoms with Gasteiger partial charge in [0, 0.05) is 16.2 Å². The number of anilines is 1. The zero-order valence-electron chi connectivity index (χ0n) is 12.6. The lowest BCUT2D eigenvalue weighted by Gasteiger charge is -2.24. The van der Waals surface area contributed by atoms with Gasteiger partial charge in [0.05, 0.1) is 12.2 Å². The Hall–Kier alpha value is -0.660. The van der Waals surface area contributed by atoms with Crippen molar-refractivity contribution in [2.45, 2.75) is 32.2 Å². The van der Waals surface area contributed by atoms with E-state index in [1.54, 1.807) is 0 Å². The molecule has 1 aliphatic rings. The van der Waals surface area contributed by atoms with Crippen LogP contribution < -0.4 is 10.6 Å². The molecule has 0 saturated carbocycles. The van der Waals surface area contributed by atoms with E-state index in [1.165, 1.54) is 12.8 Å². The molecular formula is C16H24IN3O. The van der Waals surface area contributed by atoms with Crippen molar-refractivity contribution in [1.29, 1.82) is 0 Å². The number of carbonyl (C=O) groups is 1. The summed E-state index contributed by atoms with van der Waals surface area (Å²) in [6, 6.07) is 8.42. The average molecular weight is 401 g/mol. The van der Waals surface area contributed by atoms with Gasteiger partial charge in [-0.2, -0.15) is 0 Å². The van der Waals surface area contributed by atoms with Crippen molar-refractivity contribution in [1.82, 2.24) is 10.2 Å². The highest BCUT2D eigenvalue weighted by atomic mass is 127. The molecule has 0 aromatic heterocycles. The van der Waals surface area contributed by atoms with Crippen LogP contribution >= 0.6 is 22.6 Å². The minimum atomic E-state index is 0.0746. The number of nitrogens with zero attached hydrogens (tertiary/aromatic N) is 1. The van der Waals surface area contributed by atoms with Crippen molar-refractivity contribution < 1.29 is 4.79 Å². The van der Waals surface area contributed by atoms with E-state index in [0.717, 1.165) is 35.3 Å². The maximum atomic E-state index is 12.2. The van der Waals surface area contributed by atoms with Gasteiger partial charge < -0.3 is 10.6 Å². The molecule has 1 fully saturated rings. The van der Waals surface area contributed by atoms with E-state index in [-0.39, 0.29) is 5.91 Å². The fourth-order valence-electron chi connectivity index (χ4n) is 2.73. The lowest BCUT2D eigenvalue weighted by atomic mass is 10.2. The molecule has 0 aliphatic carbocycles. The lowest BCUT2D eigenvalue weighted by molar-refractivity contribution is -0.117. The van der Waals surface area contributed by atoms with Crippen molar-refractivity contribution in [3.05, 3.63) is 27.8 Å². The fraction of sp³-hybridized carbons (Fsp3) is 0.562. The van der Waals surface area contributed by atoms with Gasteiger partial charge in [-0.3, -0.25) is 9.69 Å². The molecule has 1 atom stereocenters. The third-order valence-electron chi connectivity index (χ3n) is 3.70. The first-order chi connectivity index (χ1) is 10.2. The van der Waals surface area contributed by atoms with Crippen LogP contribution in [0.3, 0.4) is 0 Å². The Kier molecular flexibility index (Phi) is 6.92. The topological polar surface area (TPSA) is 44.4 Å². The van der Waals surface area contributed by atoms with Gasteiger partial charge in [-0.25, -0.2) is 0 Å². The molecule has 1 saturated heterocycles. The largest absolute Gasteiger partial charge is 0.324 e. The minimum absolute atomic E-state index is 0.0746. The first-order valence-corrected chi connectivity index (χ1v) is 8.77. The van der Waals surface area contributed by atoms with Crippen molar-refractivity contribution in [2.75, 3.05) is 31.5 Å². The summed E-state index contributed by atoms with van der Waals surface area (Å²) < 4.78 is 1.07. The molecule has 0 radical (unpaired) electrons. The molecule has 116 valence electrons. The Morgan fingerprint density at radius 2 is 2.29 bits per heavy atom. The minimum Gasteiger partial charge on any atom is -0.324 e. The van der Waals surface area contributed by atoms with Crippen LogP contribution in [-0.2, 0) is 4.79 Å². The van der Waals surface area contributed by atoms with Crippen molar-refractivity contribution in [3.63, 3.8) is 0 Å². The molecule has 1 unspecified atom stereocenters. The Morgan fingerprint density at radius 1 is 1.48 bits per heavy atom. The van der Waals surface area contributed by atoms with Gasteiger partial charge in [0.2, 0.25) is 5.91 Å². The Bertz CT molecular complexity index is 461. The summed E-state index contributed by atoms with van der Waals surface area (Å²) >= 11 is 2.25. The second-order valence-electron chi connectivity index (χ2n) is 5.56. The van der Waals surface area contributed by atoms with Crippen LogP contribution in [0, 0.1) is 3.57 Å². The first kappa shape index (κ1) is 16.7. The van der Waals surface area contributed by atoms with Gasteiger partial charge in [-0.05, 0) is 67.1 Å². The van der Waals surface area contributed by atoms with Crippen LogP contribution in [0.2, 0.25) is 0 Å². The first-order valence-electron chi connectivity index (χ1n) is 7.69. The van der Waals surface area contributed by atoms with Gasteiger partial charge in [0.25, 0.3) is 0 Å². The Labute approximate surface area is 140 Å². The predicted octanol–water partition coefficient (Wildman–Crippen LogP) is 2.69. The van der Waals surface area contributed by atoms with Crippen molar-refractivity contribution in [3.8, 4) is 0 Å².